The number of carboxylic acid groups (broad SMARTS) is 1. The largest absolute Gasteiger partial charge is 0.480 e. The lowest BCUT2D eigenvalue weighted by atomic mass is 9.95. The van der Waals surface area contributed by atoms with Gasteiger partial charge in [-0.3, -0.25) is 14.4 Å². The van der Waals surface area contributed by atoms with E-state index in [9.17, 15) is 24.3 Å². The Labute approximate surface area is 159 Å². The fourth-order valence-electron chi connectivity index (χ4n) is 2.17. The van der Waals surface area contributed by atoms with Crippen LogP contribution in [0.3, 0.4) is 0 Å². The minimum absolute atomic E-state index is 0.00404. The van der Waals surface area contributed by atoms with Gasteiger partial charge in [0.25, 0.3) is 5.91 Å². The number of carbonyl (C=O) groups excluding carboxylic acids is 3. The lowest BCUT2D eigenvalue weighted by Gasteiger charge is -2.22. The molecular weight excluding hydrogens is 410 g/mol. The molecule has 0 radical (unpaired) electrons. The molecule has 0 spiro atoms. The maximum Gasteiger partial charge on any atom is 0.327 e. The van der Waals surface area contributed by atoms with E-state index in [1.807, 2.05) is 0 Å². The van der Waals surface area contributed by atoms with Crippen LogP contribution in [0.15, 0.2) is 28.7 Å². The van der Waals surface area contributed by atoms with E-state index in [4.69, 9.17) is 9.47 Å². The van der Waals surface area contributed by atoms with Crippen molar-refractivity contribution >= 4 is 39.7 Å². The first-order valence-electron chi connectivity index (χ1n) is 7.91. The van der Waals surface area contributed by atoms with Crippen molar-refractivity contribution in [3.8, 4) is 0 Å². The Bertz CT molecular complexity index is 677. The molecule has 1 amide bonds. The lowest BCUT2D eigenvalue weighted by molar-refractivity contribution is -0.159. The third-order valence-electron chi connectivity index (χ3n) is 3.32. The van der Waals surface area contributed by atoms with Crippen molar-refractivity contribution in [2.24, 2.45) is 5.92 Å². The van der Waals surface area contributed by atoms with Crippen LogP contribution in [0.4, 0.5) is 0 Å². The number of carbonyl (C=O) groups is 4. The van der Waals surface area contributed by atoms with Gasteiger partial charge in [0, 0.05) is 10.0 Å². The molecule has 8 nitrogen and oxygen atoms in total. The molecule has 0 heterocycles. The molecular formula is C17H20BrNO7. The van der Waals surface area contributed by atoms with Gasteiger partial charge in [0.2, 0.25) is 0 Å². The van der Waals surface area contributed by atoms with Crippen LogP contribution >= 0.6 is 15.9 Å². The second-order valence-corrected chi connectivity index (χ2v) is 6.08. The SMILES string of the molecule is CCOC(=O)C[C@H](C(=O)OCC)[C@H](NC(=O)c1cccc(Br)c1)C(=O)O. The number of ether oxygens (including phenoxy) is 2. The first-order valence-corrected chi connectivity index (χ1v) is 8.70. The number of rotatable bonds is 9. The summed E-state index contributed by atoms with van der Waals surface area (Å²) in [5.74, 6) is -5.23. The van der Waals surface area contributed by atoms with Crippen molar-refractivity contribution in [3.63, 3.8) is 0 Å². The molecule has 2 N–H and O–H groups in total. The van der Waals surface area contributed by atoms with Crippen molar-refractivity contribution in [3.05, 3.63) is 34.3 Å². The zero-order valence-electron chi connectivity index (χ0n) is 14.4. The highest BCUT2D eigenvalue weighted by atomic mass is 79.9. The van der Waals surface area contributed by atoms with Crippen LogP contribution in [-0.2, 0) is 23.9 Å². The van der Waals surface area contributed by atoms with Gasteiger partial charge in [-0.1, -0.05) is 22.0 Å². The van der Waals surface area contributed by atoms with E-state index >= 15 is 0 Å². The molecule has 26 heavy (non-hydrogen) atoms. The molecule has 0 bridgehead atoms. The Kier molecular flexibility index (Phi) is 8.77. The van der Waals surface area contributed by atoms with E-state index in [1.54, 1.807) is 26.0 Å². The number of hydrogen-bond acceptors (Lipinski definition) is 6. The predicted octanol–water partition coefficient (Wildman–Crippen LogP) is 1.76. The molecule has 0 aromatic heterocycles. The summed E-state index contributed by atoms with van der Waals surface area (Å²) in [6.07, 6.45) is -0.525. The highest BCUT2D eigenvalue weighted by Gasteiger charge is 2.38. The summed E-state index contributed by atoms with van der Waals surface area (Å²) in [6.45, 7) is 3.22. The van der Waals surface area contributed by atoms with Crippen molar-refractivity contribution in [2.45, 2.75) is 26.3 Å². The first-order chi connectivity index (χ1) is 12.3. The smallest absolute Gasteiger partial charge is 0.327 e. The summed E-state index contributed by atoms with van der Waals surface area (Å²) in [5.41, 5.74) is 0.198. The molecule has 0 saturated carbocycles. The highest BCUT2D eigenvalue weighted by Crippen LogP contribution is 2.16. The summed E-state index contributed by atoms with van der Waals surface area (Å²) < 4.78 is 10.3. The van der Waals surface area contributed by atoms with E-state index in [0.29, 0.717) is 4.47 Å². The maximum atomic E-state index is 12.3. The quantitative estimate of drug-likeness (QED) is 0.573. The summed E-state index contributed by atoms with van der Waals surface area (Å²) in [4.78, 5) is 47.9. The topological polar surface area (TPSA) is 119 Å². The molecule has 1 rings (SSSR count). The molecule has 1 aromatic carbocycles. The van der Waals surface area contributed by atoms with Gasteiger partial charge in [-0.25, -0.2) is 4.79 Å². The van der Waals surface area contributed by atoms with E-state index in [2.05, 4.69) is 21.2 Å². The van der Waals surface area contributed by atoms with Crippen LogP contribution in [-0.4, -0.2) is 48.2 Å². The van der Waals surface area contributed by atoms with Gasteiger partial charge in [-0.2, -0.15) is 0 Å². The zero-order valence-corrected chi connectivity index (χ0v) is 15.9. The second-order valence-electron chi connectivity index (χ2n) is 5.17. The molecule has 0 aliphatic carbocycles. The molecule has 1 aromatic rings. The minimum Gasteiger partial charge on any atom is -0.480 e. The molecule has 142 valence electrons. The van der Waals surface area contributed by atoms with Crippen molar-refractivity contribution in [1.29, 1.82) is 0 Å². The fraction of sp³-hybridized carbons (Fsp3) is 0.412. The van der Waals surface area contributed by atoms with Gasteiger partial charge in [-0.05, 0) is 32.0 Å². The third-order valence-corrected chi connectivity index (χ3v) is 3.82. The summed E-state index contributed by atoms with van der Waals surface area (Å²) >= 11 is 3.22. The van der Waals surface area contributed by atoms with Gasteiger partial charge >= 0.3 is 17.9 Å². The van der Waals surface area contributed by atoms with Crippen LogP contribution in [0, 0.1) is 5.92 Å². The Morgan fingerprint density at radius 2 is 1.81 bits per heavy atom. The Balaban J connectivity index is 3.06. The van der Waals surface area contributed by atoms with Gasteiger partial charge in [0.05, 0.1) is 25.6 Å². The molecule has 0 aliphatic heterocycles. The van der Waals surface area contributed by atoms with Crippen molar-refractivity contribution in [1.82, 2.24) is 5.32 Å². The third kappa shape index (κ3) is 6.47. The van der Waals surface area contributed by atoms with Gasteiger partial charge in [0.1, 0.15) is 6.04 Å². The Hall–Kier alpha value is -2.42. The summed E-state index contributed by atoms with van der Waals surface area (Å²) in [5, 5.41) is 11.7. The zero-order chi connectivity index (χ0) is 19.7. The molecule has 9 heteroatoms. The average molecular weight is 430 g/mol. The van der Waals surface area contributed by atoms with Gasteiger partial charge in [0.15, 0.2) is 0 Å². The van der Waals surface area contributed by atoms with Crippen LogP contribution in [0.5, 0.6) is 0 Å². The maximum absolute atomic E-state index is 12.3. The highest BCUT2D eigenvalue weighted by molar-refractivity contribution is 9.10. The molecule has 0 fully saturated rings. The van der Waals surface area contributed by atoms with Crippen LogP contribution in [0.2, 0.25) is 0 Å². The van der Waals surface area contributed by atoms with Crippen molar-refractivity contribution in [2.75, 3.05) is 13.2 Å². The van der Waals surface area contributed by atoms with E-state index in [0.717, 1.165) is 0 Å². The van der Waals surface area contributed by atoms with Gasteiger partial charge < -0.3 is 19.9 Å². The number of nitrogens with one attached hydrogen (secondary N) is 1. The van der Waals surface area contributed by atoms with Crippen LogP contribution in [0.25, 0.3) is 0 Å². The van der Waals surface area contributed by atoms with E-state index in [1.165, 1.54) is 12.1 Å². The number of carboxylic acids is 1. The number of esters is 2. The first kappa shape index (κ1) is 21.6. The number of aliphatic carboxylic acids is 1. The van der Waals surface area contributed by atoms with E-state index < -0.39 is 42.2 Å². The Morgan fingerprint density at radius 1 is 1.15 bits per heavy atom. The number of benzene rings is 1. The molecule has 0 saturated heterocycles. The van der Waals surface area contributed by atoms with Crippen molar-refractivity contribution < 1.29 is 33.8 Å². The molecule has 0 aliphatic rings. The number of amides is 1. The number of halogens is 1. The fourth-order valence-corrected chi connectivity index (χ4v) is 2.57. The monoisotopic (exact) mass is 429 g/mol. The number of hydrogen-bond donors (Lipinski definition) is 2. The van der Waals surface area contributed by atoms with Gasteiger partial charge in [-0.15, -0.1) is 0 Å². The summed E-state index contributed by atoms with van der Waals surface area (Å²) in [6, 6.07) is 4.65. The van der Waals surface area contributed by atoms with Crippen LogP contribution < -0.4 is 5.32 Å². The molecule has 0 unspecified atom stereocenters. The standard InChI is InChI=1S/C17H20BrNO7/c1-3-25-13(20)9-12(17(24)26-4-2)14(16(22)23)19-15(21)10-6-5-7-11(18)8-10/h5-8,12,14H,3-4,9H2,1-2H3,(H,19,21)(H,22,23)/t12-,14-/m0/s1. The second kappa shape index (κ2) is 10.5. The average Bonchev–Trinajstić information content (AvgIpc) is 2.58. The lowest BCUT2D eigenvalue weighted by Crippen LogP contribution is -2.49. The normalized spacial score (nSPS) is 12.6. The van der Waals surface area contributed by atoms with Crippen LogP contribution in [0.1, 0.15) is 30.6 Å². The summed E-state index contributed by atoms with van der Waals surface area (Å²) in [7, 11) is 0. The molecule has 2 atom stereocenters. The van der Waals surface area contributed by atoms with E-state index in [-0.39, 0.29) is 18.8 Å². The minimum atomic E-state index is -1.65. The Morgan fingerprint density at radius 3 is 2.35 bits per heavy atom. The predicted molar refractivity (Wildman–Crippen MR) is 94.4 cm³/mol.